The summed E-state index contributed by atoms with van der Waals surface area (Å²) in [7, 11) is 4.58. The van der Waals surface area contributed by atoms with Gasteiger partial charge in [-0.25, -0.2) is 4.39 Å². The van der Waals surface area contributed by atoms with Gasteiger partial charge in [0.1, 0.15) is 5.82 Å². The van der Waals surface area contributed by atoms with Crippen LogP contribution in [0.3, 0.4) is 0 Å². The van der Waals surface area contributed by atoms with Crippen LogP contribution < -0.4 is 24.8 Å². The highest BCUT2D eigenvalue weighted by atomic mass is 32.1. The van der Waals surface area contributed by atoms with E-state index in [2.05, 4.69) is 10.6 Å². The van der Waals surface area contributed by atoms with Gasteiger partial charge in [0, 0.05) is 17.8 Å². The van der Waals surface area contributed by atoms with E-state index in [0.29, 0.717) is 22.9 Å². The number of benzene rings is 2. The predicted molar refractivity (Wildman–Crippen MR) is 92.3 cm³/mol. The Morgan fingerprint density at radius 1 is 0.957 bits per heavy atom. The second-order valence-electron chi connectivity index (χ2n) is 4.47. The van der Waals surface area contributed by atoms with Gasteiger partial charge >= 0.3 is 0 Å². The van der Waals surface area contributed by atoms with Crippen LogP contribution in [0.4, 0.5) is 15.8 Å². The van der Waals surface area contributed by atoms with Gasteiger partial charge in [-0.2, -0.15) is 0 Å². The molecule has 2 rings (SSSR count). The van der Waals surface area contributed by atoms with Gasteiger partial charge in [0.2, 0.25) is 5.75 Å². The van der Waals surface area contributed by atoms with Crippen molar-refractivity contribution < 1.29 is 18.6 Å². The van der Waals surface area contributed by atoms with E-state index in [0.717, 1.165) is 0 Å². The molecule has 0 aliphatic carbocycles. The van der Waals surface area contributed by atoms with Crippen molar-refractivity contribution in [3.8, 4) is 17.2 Å². The van der Waals surface area contributed by atoms with Crippen molar-refractivity contribution in [2.45, 2.75) is 0 Å². The molecule has 0 radical (unpaired) electrons. The van der Waals surface area contributed by atoms with Gasteiger partial charge in [0.15, 0.2) is 16.6 Å². The van der Waals surface area contributed by atoms with E-state index in [1.54, 1.807) is 30.3 Å². The molecular weight excluding hydrogens is 319 g/mol. The van der Waals surface area contributed by atoms with Gasteiger partial charge < -0.3 is 24.8 Å². The highest BCUT2D eigenvalue weighted by Gasteiger charge is 2.14. The molecule has 0 saturated carbocycles. The normalized spacial score (nSPS) is 9.91. The minimum absolute atomic E-state index is 0.240. The molecule has 2 aromatic rings. The fraction of sp³-hybridized carbons (Fsp3) is 0.188. The van der Waals surface area contributed by atoms with Crippen LogP contribution in [0.2, 0.25) is 0 Å². The Bertz CT molecular complexity index is 684. The number of anilines is 2. The molecule has 0 spiro atoms. The van der Waals surface area contributed by atoms with E-state index in [4.69, 9.17) is 26.4 Å². The largest absolute Gasteiger partial charge is 0.493 e. The smallest absolute Gasteiger partial charge is 0.203 e. The zero-order valence-corrected chi connectivity index (χ0v) is 13.8. The lowest BCUT2D eigenvalue weighted by Crippen LogP contribution is -2.19. The molecule has 0 aromatic heterocycles. The molecule has 0 heterocycles. The third kappa shape index (κ3) is 4.01. The zero-order chi connectivity index (χ0) is 16.8. The number of nitrogens with one attached hydrogen (secondary N) is 2. The molecule has 5 nitrogen and oxygen atoms in total. The maximum atomic E-state index is 13.6. The van der Waals surface area contributed by atoms with Crippen LogP contribution in [0.15, 0.2) is 36.4 Å². The van der Waals surface area contributed by atoms with E-state index in [1.807, 2.05) is 0 Å². The van der Waals surface area contributed by atoms with Crippen LogP contribution >= 0.6 is 12.2 Å². The molecule has 0 atom stereocenters. The topological polar surface area (TPSA) is 51.8 Å². The fourth-order valence-electron chi connectivity index (χ4n) is 2.00. The zero-order valence-electron chi connectivity index (χ0n) is 13.0. The van der Waals surface area contributed by atoms with Crippen molar-refractivity contribution in [1.29, 1.82) is 0 Å². The van der Waals surface area contributed by atoms with Crippen molar-refractivity contribution in [2.75, 3.05) is 32.0 Å². The molecule has 0 amide bonds. The van der Waals surface area contributed by atoms with Crippen LogP contribution in [-0.2, 0) is 0 Å². The number of halogens is 1. The molecule has 0 fully saturated rings. The third-order valence-electron chi connectivity index (χ3n) is 3.04. The Morgan fingerprint density at radius 2 is 1.57 bits per heavy atom. The highest BCUT2D eigenvalue weighted by molar-refractivity contribution is 7.80. The standard InChI is InChI=1S/C16H17FN2O3S/c1-20-13-8-10(9-14(21-2)15(13)22-3)18-16(23)19-12-7-5-4-6-11(12)17/h4-9H,1-3H3,(H2,18,19,23). The summed E-state index contributed by atoms with van der Waals surface area (Å²) >= 11 is 5.20. The van der Waals surface area contributed by atoms with Gasteiger partial charge in [0.25, 0.3) is 0 Å². The molecule has 0 unspecified atom stereocenters. The number of methoxy groups -OCH3 is 3. The van der Waals surface area contributed by atoms with Crippen LogP contribution in [0.1, 0.15) is 0 Å². The van der Waals surface area contributed by atoms with Crippen LogP contribution in [0.5, 0.6) is 17.2 Å². The molecule has 122 valence electrons. The summed E-state index contributed by atoms with van der Waals surface area (Å²) in [5.41, 5.74) is 0.908. The summed E-state index contributed by atoms with van der Waals surface area (Å²) in [6.07, 6.45) is 0. The quantitative estimate of drug-likeness (QED) is 0.813. The summed E-state index contributed by atoms with van der Waals surface area (Å²) in [5.74, 6) is 1.07. The maximum absolute atomic E-state index is 13.6. The predicted octanol–water partition coefficient (Wildman–Crippen LogP) is 3.66. The number of rotatable bonds is 5. The Morgan fingerprint density at radius 3 is 2.09 bits per heavy atom. The Hall–Kier alpha value is -2.54. The van der Waals surface area contributed by atoms with Crippen molar-refractivity contribution >= 4 is 28.7 Å². The minimum Gasteiger partial charge on any atom is -0.493 e. The number of hydrogen-bond donors (Lipinski definition) is 2. The minimum atomic E-state index is -0.387. The second kappa shape index (κ2) is 7.64. The van der Waals surface area contributed by atoms with Crippen molar-refractivity contribution in [1.82, 2.24) is 0 Å². The first-order valence-electron chi connectivity index (χ1n) is 6.71. The summed E-state index contributed by atoms with van der Waals surface area (Å²) < 4.78 is 29.4. The lowest BCUT2D eigenvalue weighted by Gasteiger charge is -2.16. The van der Waals surface area contributed by atoms with E-state index in [1.165, 1.54) is 27.4 Å². The number of para-hydroxylation sites is 1. The molecule has 2 aromatic carbocycles. The van der Waals surface area contributed by atoms with Gasteiger partial charge in [0.05, 0.1) is 27.0 Å². The van der Waals surface area contributed by atoms with Crippen molar-refractivity contribution in [3.63, 3.8) is 0 Å². The van der Waals surface area contributed by atoms with Crippen molar-refractivity contribution in [2.24, 2.45) is 0 Å². The fourth-order valence-corrected chi connectivity index (χ4v) is 2.23. The second-order valence-corrected chi connectivity index (χ2v) is 4.88. The first kappa shape index (κ1) is 16.8. The molecule has 0 bridgehead atoms. The molecular formula is C16H17FN2O3S. The van der Waals surface area contributed by atoms with Crippen LogP contribution in [0, 0.1) is 5.82 Å². The van der Waals surface area contributed by atoms with Gasteiger partial charge in [-0.05, 0) is 24.4 Å². The van der Waals surface area contributed by atoms with Crippen molar-refractivity contribution in [3.05, 3.63) is 42.2 Å². The molecule has 7 heteroatoms. The summed E-state index contributed by atoms with van der Waals surface area (Å²) in [6, 6.07) is 9.68. The monoisotopic (exact) mass is 336 g/mol. The molecule has 0 saturated heterocycles. The summed E-state index contributed by atoms with van der Waals surface area (Å²) in [5, 5.41) is 5.99. The van der Waals surface area contributed by atoms with E-state index >= 15 is 0 Å². The molecule has 0 aliphatic heterocycles. The van der Waals surface area contributed by atoms with E-state index in [9.17, 15) is 4.39 Å². The first-order chi connectivity index (χ1) is 11.1. The Labute approximate surface area is 139 Å². The number of thiocarbonyl (C=S) groups is 1. The van der Waals surface area contributed by atoms with Gasteiger partial charge in [-0.15, -0.1) is 0 Å². The Kier molecular flexibility index (Phi) is 5.59. The van der Waals surface area contributed by atoms with Crippen LogP contribution in [-0.4, -0.2) is 26.4 Å². The highest BCUT2D eigenvalue weighted by Crippen LogP contribution is 2.39. The summed E-state index contributed by atoms with van der Waals surface area (Å²) in [4.78, 5) is 0. The third-order valence-corrected chi connectivity index (χ3v) is 3.25. The molecule has 23 heavy (non-hydrogen) atoms. The lowest BCUT2D eigenvalue weighted by atomic mass is 10.2. The summed E-state index contributed by atoms with van der Waals surface area (Å²) in [6.45, 7) is 0. The van der Waals surface area contributed by atoms with Gasteiger partial charge in [-0.1, -0.05) is 12.1 Å². The maximum Gasteiger partial charge on any atom is 0.203 e. The lowest BCUT2D eigenvalue weighted by molar-refractivity contribution is 0.324. The van der Waals surface area contributed by atoms with E-state index < -0.39 is 0 Å². The average Bonchev–Trinajstić information content (AvgIpc) is 2.55. The van der Waals surface area contributed by atoms with Crippen LogP contribution in [0.25, 0.3) is 0 Å². The van der Waals surface area contributed by atoms with Gasteiger partial charge in [-0.3, -0.25) is 0 Å². The number of ether oxygens (including phenoxy) is 3. The average molecular weight is 336 g/mol. The number of hydrogen-bond acceptors (Lipinski definition) is 4. The Balaban J connectivity index is 2.19. The molecule has 0 aliphatic rings. The van der Waals surface area contributed by atoms with E-state index in [-0.39, 0.29) is 16.6 Å². The first-order valence-corrected chi connectivity index (χ1v) is 7.12. The molecule has 2 N–H and O–H groups in total. The SMILES string of the molecule is COc1cc(NC(=S)Nc2ccccc2F)cc(OC)c1OC.